The summed E-state index contributed by atoms with van der Waals surface area (Å²) in [6.45, 7) is 4.99. The van der Waals surface area contributed by atoms with Gasteiger partial charge in [-0.15, -0.1) is 0 Å². The maximum Gasteiger partial charge on any atom is 0.265 e. The molecule has 0 fully saturated rings. The number of rotatable bonds is 16. The molecule has 0 aliphatic carbocycles. The van der Waals surface area contributed by atoms with Crippen LogP contribution in [-0.4, -0.2) is 72.2 Å². The Bertz CT molecular complexity index is 1600. The fraction of sp³-hybridized carbons (Fsp3) is 0.394. The largest absolute Gasteiger partial charge is 0.497 e. The van der Waals surface area contributed by atoms with Crippen LogP contribution >= 0.6 is 11.6 Å². The van der Waals surface area contributed by atoms with Crippen molar-refractivity contribution in [1.82, 2.24) is 10.2 Å². The third kappa shape index (κ3) is 8.55. The topological polar surface area (TPSA) is 124 Å². The number of anilines is 1. The first-order valence-corrected chi connectivity index (χ1v) is 16.6. The van der Waals surface area contributed by atoms with Gasteiger partial charge < -0.3 is 29.2 Å². The van der Waals surface area contributed by atoms with E-state index in [2.05, 4.69) is 5.32 Å². The molecular formula is C33H42ClN3O8S. The molecular weight excluding hydrogens is 634 g/mol. The molecule has 11 nitrogen and oxygen atoms in total. The second-order valence-electron chi connectivity index (χ2n) is 10.5. The molecule has 0 saturated carbocycles. The minimum Gasteiger partial charge on any atom is -0.497 e. The van der Waals surface area contributed by atoms with Crippen LogP contribution in [0, 0.1) is 0 Å². The molecule has 46 heavy (non-hydrogen) atoms. The Labute approximate surface area is 276 Å². The van der Waals surface area contributed by atoms with Gasteiger partial charge in [0.25, 0.3) is 10.0 Å². The van der Waals surface area contributed by atoms with E-state index in [1.165, 1.54) is 56.6 Å². The van der Waals surface area contributed by atoms with Gasteiger partial charge in [-0.1, -0.05) is 37.6 Å². The summed E-state index contributed by atoms with van der Waals surface area (Å²) >= 11 is 6.34. The molecule has 0 radical (unpaired) electrons. The highest BCUT2D eigenvalue weighted by atomic mass is 35.5. The van der Waals surface area contributed by atoms with E-state index in [1.54, 1.807) is 44.4 Å². The number of sulfonamides is 1. The summed E-state index contributed by atoms with van der Waals surface area (Å²) < 4.78 is 51.1. The number of carbonyl (C=O) groups is 2. The lowest BCUT2D eigenvalue weighted by Gasteiger charge is -2.34. The maximum absolute atomic E-state index is 14.4. The number of ether oxygens (including phenoxy) is 4. The highest BCUT2D eigenvalue weighted by Gasteiger charge is 2.35. The van der Waals surface area contributed by atoms with Gasteiger partial charge in [-0.25, -0.2) is 8.42 Å². The van der Waals surface area contributed by atoms with Gasteiger partial charge in [0, 0.05) is 23.7 Å². The fourth-order valence-corrected chi connectivity index (χ4v) is 6.36. The lowest BCUT2D eigenvalue weighted by molar-refractivity contribution is -0.140. The van der Waals surface area contributed by atoms with Gasteiger partial charge in [0.15, 0.2) is 11.5 Å². The Hall–Kier alpha value is -4.16. The first-order chi connectivity index (χ1) is 21.9. The quantitative estimate of drug-likeness (QED) is 0.217. The van der Waals surface area contributed by atoms with Crippen LogP contribution in [0.15, 0.2) is 65.6 Å². The number of carbonyl (C=O) groups excluding carboxylic acids is 2. The first-order valence-electron chi connectivity index (χ1n) is 14.7. The Morgan fingerprint density at radius 2 is 1.46 bits per heavy atom. The van der Waals surface area contributed by atoms with E-state index in [9.17, 15) is 18.0 Å². The average Bonchev–Trinajstić information content (AvgIpc) is 3.06. The molecule has 0 unspecified atom stereocenters. The van der Waals surface area contributed by atoms with Crippen molar-refractivity contribution in [3.8, 4) is 23.0 Å². The highest BCUT2D eigenvalue weighted by molar-refractivity contribution is 7.92. The molecule has 0 aliphatic heterocycles. The molecule has 2 atom stereocenters. The molecule has 1 N–H and O–H groups in total. The lowest BCUT2D eigenvalue weighted by atomic mass is 10.1. The summed E-state index contributed by atoms with van der Waals surface area (Å²) in [6.07, 6.45) is 0.980. The smallest absolute Gasteiger partial charge is 0.265 e. The van der Waals surface area contributed by atoms with Crippen LogP contribution in [0.2, 0.25) is 5.02 Å². The Balaban J connectivity index is 2.17. The Kier molecular flexibility index (Phi) is 13.0. The zero-order valence-electron chi connectivity index (χ0n) is 27.2. The number of benzene rings is 3. The van der Waals surface area contributed by atoms with Crippen LogP contribution < -0.4 is 28.6 Å². The van der Waals surface area contributed by atoms with Gasteiger partial charge in [-0.05, 0) is 67.8 Å². The van der Waals surface area contributed by atoms with E-state index in [-0.39, 0.29) is 52.0 Å². The van der Waals surface area contributed by atoms with Crippen molar-refractivity contribution in [2.24, 2.45) is 0 Å². The van der Waals surface area contributed by atoms with Crippen molar-refractivity contribution >= 4 is 39.1 Å². The standard InChI is InChI=1S/C33H42ClN3O8S/c1-8-22(3)35-33(39)27(9-2)36(20-23-10-13-25(42-4)14-11-23)32(38)21-37(28-18-24(34)12-16-29(28)43-5)46(40,41)26-15-17-30(44-6)31(19-26)45-7/h10-19,22,27H,8-9,20-21H2,1-7H3,(H,35,39)/t22-,27-/m1/s1. The third-order valence-corrected chi connectivity index (χ3v) is 9.52. The van der Waals surface area contributed by atoms with Crippen molar-refractivity contribution in [3.05, 3.63) is 71.2 Å². The van der Waals surface area contributed by atoms with E-state index in [1.807, 2.05) is 13.8 Å². The predicted octanol–water partition coefficient (Wildman–Crippen LogP) is 5.29. The zero-order chi connectivity index (χ0) is 34.0. The predicted molar refractivity (Wildman–Crippen MR) is 178 cm³/mol. The SMILES string of the molecule is CC[C@@H](C)NC(=O)[C@@H](CC)N(Cc1ccc(OC)cc1)C(=O)CN(c1cc(Cl)ccc1OC)S(=O)(=O)c1ccc(OC)c(OC)c1. The average molecular weight is 676 g/mol. The summed E-state index contributed by atoms with van der Waals surface area (Å²) in [5.74, 6) is 0.351. The molecule has 3 aromatic carbocycles. The lowest BCUT2D eigenvalue weighted by Crippen LogP contribution is -2.53. The Morgan fingerprint density at radius 1 is 0.826 bits per heavy atom. The number of hydrogen-bond donors (Lipinski definition) is 1. The molecule has 0 heterocycles. The second kappa shape index (κ2) is 16.4. The molecule has 3 aromatic rings. The minimum atomic E-state index is -4.45. The second-order valence-corrected chi connectivity index (χ2v) is 12.8. The molecule has 0 bridgehead atoms. The highest BCUT2D eigenvalue weighted by Crippen LogP contribution is 2.37. The zero-order valence-corrected chi connectivity index (χ0v) is 28.8. The summed E-state index contributed by atoms with van der Waals surface area (Å²) in [7, 11) is 1.31. The van der Waals surface area contributed by atoms with E-state index in [4.69, 9.17) is 30.5 Å². The first kappa shape index (κ1) is 36.3. The van der Waals surface area contributed by atoms with Crippen LogP contribution in [-0.2, 0) is 26.2 Å². The number of nitrogens with one attached hydrogen (secondary N) is 1. The Morgan fingerprint density at radius 3 is 2.02 bits per heavy atom. The molecule has 250 valence electrons. The summed E-state index contributed by atoms with van der Waals surface area (Å²) in [6, 6.07) is 14.7. The van der Waals surface area contributed by atoms with Crippen LogP contribution in [0.4, 0.5) is 5.69 Å². The van der Waals surface area contributed by atoms with Crippen molar-refractivity contribution in [2.75, 3.05) is 39.3 Å². The molecule has 0 aromatic heterocycles. The van der Waals surface area contributed by atoms with Crippen LogP contribution in [0.3, 0.4) is 0 Å². The molecule has 2 amide bonds. The molecule has 0 saturated heterocycles. The van der Waals surface area contributed by atoms with E-state index < -0.39 is 28.5 Å². The van der Waals surface area contributed by atoms with Gasteiger partial charge in [-0.3, -0.25) is 13.9 Å². The summed E-state index contributed by atoms with van der Waals surface area (Å²) in [4.78, 5) is 29.1. The normalized spacial score (nSPS) is 12.4. The molecule has 0 aliphatic rings. The number of amides is 2. The maximum atomic E-state index is 14.4. The van der Waals surface area contributed by atoms with Gasteiger partial charge in [0.2, 0.25) is 11.8 Å². The number of nitrogens with zero attached hydrogens (tertiary/aromatic N) is 2. The molecule has 13 heteroatoms. The van der Waals surface area contributed by atoms with Gasteiger partial charge in [-0.2, -0.15) is 0 Å². The number of halogens is 1. The number of hydrogen-bond acceptors (Lipinski definition) is 8. The summed E-state index contributed by atoms with van der Waals surface area (Å²) in [5, 5.41) is 3.19. The van der Waals surface area contributed by atoms with Crippen molar-refractivity contribution in [2.45, 2.75) is 57.1 Å². The monoisotopic (exact) mass is 675 g/mol. The van der Waals surface area contributed by atoms with E-state index in [0.717, 1.165) is 9.87 Å². The van der Waals surface area contributed by atoms with Gasteiger partial charge in [0.05, 0.1) is 39.0 Å². The van der Waals surface area contributed by atoms with Crippen molar-refractivity contribution in [1.29, 1.82) is 0 Å². The van der Waals surface area contributed by atoms with E-state index >= 15 is 0 Å². The number of methoxy groups -OCH3 is 4. The van der Waals surface area contributed by atoms with Crippen molar-refractivity contribution in [3.63, 3.8) is 0 Å². The van der Waals surface area contributed by atoms with E-state index in [0.29, 0.717) is 17.9 Å². The molecule has 3 rings (SSSR count). The fourth-order valence-electron chi connectivity index (χ4n) is 4.76. The van der Waals surface area contributed by atoms with Gasteiger partial charge in [0.1, 0.15) is 24.1 Å². The van der Waals surface area contributed by atoms with Gasteiger partial charge >= 0.3 is 0 Å². The molecule has 0 spiro atoms. The van der Waals surface area contributed by atoms with Crippen molar-refractivity contribution < 1.29 is 37.0 Å². The van der Waals surface area contributed by atoms with Crippen LogP contribution in [0.1, 0.15) is 39.2 Å². The minimum absolute atomic E-state index is 0.0339. The van der Waals surface area contributed by atoms with Crippen LogP contribution in [0.25, 0.3) is 0 Å². The third-order valence-electron chi connectivity index (χ3n) is 7.53. The summed E-state index contributed by atoms with van der Waals surface area (Å²) in [5.41, 5.74) is 0.762. The van der Waals surface area contributed by atoms with Crippen LogP contribution in [0.5, 0.6) is 23.0 Å².